The molecule has 0 radical (unpaired) electrons. The fourth-order valence-electron chi connectivity index (χ4n) is 1.40. The van der Waals surface area contributed by atoms with Crippen molar-refractivity contribution in [2.75, 3.05) is 5.43 Å². The number of nitrogen functional groups attached to an aromatic ring is 1. The normalized spacial score (nSPS) is 10.3. The molecule has 3 N–H and O–H groups in total. The third-order valence-corrected chi connectivity index (χ3v) is 2.48. The molecular weight excluding hydrogens is 218 g/mol. The second-order valence-electron chi connectivity index (χ2n) is 3.74. The summed E-state index contributed by atoms with van der Waals surface area (Å²) >= 11 is 0. The number of aromatic nitrogens is 3. The first-order valence-corrected chi connectivity index (χ1v) is 5.25. The zero-order valence-corrected chi connectivity index (χ0v) is 9.84. The molecule has 17 heavy (non-hydrogen) atoms. The summed E-state index contributed by atoms with van der Waals surface area (Å²) in [5.74, 6) is 7.29. The van der Waals surface area contributed by atoms with Crippen LogP contribution in [0.1, 0.15) is 11.4 Å². The van der Waals surface area contributed by atoms with Crippen molar-refractivity contribution in [1.82, 2.24) is 14.8 Å². The van der Waals surface area contributed by atoms with Gasteiger partial charge in [-0.25, -0.2) is 5.84 Å². The molecule has 6 nitrogen and oxygen atoms in total. The number of nitrogens with zero attached hydrogens (tertiary/aromatic N) is 3. The Bertz CT molecular complexity index is 491. The summed E-state index contributed by atoms with van der Waals surface area (Å²) in [6, 6.07) is 7.85. The topological polar surface area (TPSA) is 78.0 Å². The summed E-state index contributed by atoms with van der Waals surface area (Å²) in [4.78, 5) is 0. The van der Waals surface area contributed by atoms with E-state index < -0.39 is 0 Å². The Morgan fingerprint density at radius 3 is 2.59 bits per heavy atom. The van der Waals surface area contributed by atoms with Crippen LogP contribution in [0.2, 0.25) is 0 Å². The lowest BCUT2D eigenvalue weighted by atomic mass is 10.2. The Kier molecular flexibility index (Phi) is 3.24. The molecule has 2 rings (SSSR count). The highest BCUT2D eigenvalue weighted by atomic mass is 16.5. The van der Waals surface area contributed by atoms with Crippen LogP contribution in [0.25, 0.3) is 0 Å². The summed E-state index contributed by atoms with van der Waals surface area (Å²) in [5, 5.41) is 7.82. The molecule has 6 heteroatoms. The van der Waals surface area contributed by atoms with Gasteiger partial charge in [0, 0.05) is 7.05 Å². The molecule has 0 unspecified atom stereocenters. The van der Waals surface area contributed by atoms with E-state index in [1.165, 1.54) is 5.56 Å². The number of ether oxygens (including phenoxy) is 1. The van der Waals surface area contributed by atoms with Gasteiger partial charge in [-0.15, -0.1) is 10.2 Å². The number of hydrogen-bond donors (Lipinski definition) is 2. The molecule has 1 aromatic carbocycles. The van der Waals surface area contributed by atoms with Gasteiger partial charge in [-0.3, -0.25) is 9.99 Å². The molecule has 0 aliphatic heterocycles. The van der Waals surface area contributed by atoms with E-state index in [4.69, 9.17) is 10.6 Å². The van der Waals surface area contributed by atoms with Gasteiger partial charge in [-0.05, 0) is 19.1 Å². The maximum absolute atomic E-state index is 5.59. The summed E-state index contributed by atoms with van der Waals surface area (Å²) in [6.45, 7) is 2.39. The van der Waals surface area contributed by atoms with E-state index in [9.17, 15) is 0 Å². The third-order valence-electron chi connectivity index (χ3n) is 2.48. The summed E-state index contributed by atoms with van der Waals surface area (Å²) in [6.07, 6.45) is 0. The number of benzene rings is 1. The highest BCUT2D eigenvalue weighted by molar-refractivity contribution is 5.27. The molecule has 0 saturated carbocycles. The number of hydrogen-bond acceptors (Lipinski definition) is 5. The van der Waals surface area contributed by atoms with Gasteiger partial charge >= 0.3 is 0 Å². The van der Waals surface area contributed by atoms with Crippen molar-refractivity contribution < 1.29 is 4.74 Å². The van der Waals surface area contributed by atoms with Crippen molar-refractivity contribution in [2.24, 2.45) is 12.9 Å². The van der Waals surface area contributed by atoms with E-state index in [0.717, 1.165) is 5.75 Å². The molecule has 0 fully saturated rings. The molecular formula is C11H15N5O. The van der Waals surface area contributed by atoms with Crippen LogP contribution in [0.15, 0.2) is 24.3 Å². The minimum Gasteiger partial charge on any atom is -0.486 e. The quantitative estimate of drug-likeness (QED) is 0.608. The van der Waals surface area contributed by atoms with E-state index in [0.29, 0.717) is 18.4 Å². The molecule has 1 heterocycles. The van der Waals surface area contributed by atoms with Crippen LogP contribution in [0.3, 0.4) is 0 Å². The van der Waals surface area contributed by atoms with Gasteiger partial charge in [0.1, 0.15) is 12.4 Å². The first-order chi connectivity index (χ1) is 8.20. The molecule has 0 aliphatic rings. The minimum atomic E-state index is 0.355. The fourth-order valence-corrected chi connectivity index (χ4v) is 1.40. The minimum absolute atomic E-state index is 0.355. The van der Waals surface area contributed by atoms with Gasteiger partial charge < -0.3 is 4.74 Å². The smallest absolute Gasteiger partial charge is 0.238 e. The van der Waals surface area contributed by atoms with Crippen LogP contribution in [-0.4, -0.2) is 14.8 Å². The molecule has 0 spiro atoms. The Balaban J connectivity index is 2.02. The average molecular weight is 233 g/mol. The van der Waals surface area contributed by atoms with Crippen LogP contribution in [0.5, 0.6) is 5.75 Å². The zero-order chi connectivity index (χ0) is 12.3. The van der Waals surface area contributed by atoms with Crippen molar-refractivity contribution in [1.29, 1.82) is 0 Å². The molecule has 0 atom stereocenters. The Morgan fingerprint density at radius 1 is 1.29 bits per heavy atom. The van der Waals surface area contributed by atoms with Crippen molar-refractivity contribution in [3.05, 3.63) is 35.7 Å². The van der Waals surface area contributed by atoms with Crippen molar-refractivity contribution in [3.63, 3.8) is 0 Å². The predicted octanol–water partition coefficient (Wildman–Crippen LogP) is 0.988. The largest absolute Gasteiger partial charge is 0.486 e. The lowest BCUT2D eigenvalue weighted by Crippen LogP contribution is -2.13. The lowest BCUT2D eigenvalue weighted by molar-refractivity contribution is 0.291. The second-order valence-corrected chi connectivity index (χ2v) is 3.74. The van der Waals surface area contributed by atoms with Gasteiger partial charge in [0.2, 0.25) is 5.95 Å². The van der Waals surface area contributed by atoms with E-state index in [2.05, 4.69) is 15.6 Å². The maximum atomic E-state index is 5.59. The van der Waals surface area contributed by atoms with Crippen LogP contribution in [-0.2, 0) is 13.7 Å². The summed E-state index contributed by atoms with van der Waals surface area (Å²) < 4.78 is 7.34. The molecule has 2 aromatic rings. The maximum Gasteiger partial charge on any atom is 0.238 e. The summed E-state index contributed by atoms with van der Waals surface area (Å²) in [7, 11) is 1.82. The number of nitrogens with two attached hydrogens (primary N) is 1. The average Bonchev–Trinajstić information content (AvgIpc) is 2.69. The third kappa shape index (κ3) is 2.54. The summed E-state index contributed by atoms with van der Waals surface area (Å²) in [5.41, 5.74) is 3.65. The Labute approximate surface area is 99.4 Å². The van der Waals surface area contributed by atoms with Gasteiger partial charge in [0.15, 0.2) is 5.82 Å². The molecule has 1 aromatic heterocycles. The van der Waals surface area contributed by atoms with Gasteiger partial charge in [-0.1, -0.05) is 17.7 Å². The van der Waals surface area contributed by atoms with Gasteiger partial charge in [-0.2, -0.15) is 0 Å². The zero-order valence-electron chi connectivity index (χ0n) is 9.84. The highest BCUT2D eigenvalue weighted by Gasteiger charge is 2.07. The van der Waals surface area contributed by atoms with Crippen LogP contribution in [0, 0.1) is 6.92 Å². The molecule has 0 aliphatic carbocycles. The molecule has 0 amide bonds. The van der Waals surface area contributed by atoms with Gasteiger partial charge in [0.05, 0.1) is 0 Å². The highest BCUT2D eigenvalue weighted by Crippen LogP contribution is 2.13. The van der Waals surface area contributed by atoms with Crippen molar-refractivity contribution in [3.8, 4) is 5.75 Å². The first-order valence-electron chi connectivity index (χ1n) is 5.25. The van der Waals surface area contributed by atoms with Crippen LogP contribution in [0.4, 0.5) is 5.95 Å². The van der Waals surface area contributed by atoms with Crippen LogP contribution >= 0.6 is 0 Å². The van der Waals surface area contributed by atoms with E-state index >= 15 is 0 Å². The van der Waals surface area contributed by atoms with E-state index in [1.807, 2.05) is 38.2 Å². The van der Waals surface area contributed by atoms with E-state index in [1.54, 1.807) is 4.57 Å². The first kappa shape index (κ1) is 11.4. The molecule has 0 bridgehead atoms. The monoisotopic (exact) mass is 233 g/mol. The number of rotatable bonds is 4. The second kappa shape index (κ2) is 4.84. The fraction of sp³-hybridized carbons (Fsp3) is 0.273. The molecule has 90 valence electrons. The van der Waals surface area contributed by atoms with Crippen LogP contribution < -0.4 is 16.0 Å². The predicted molar refractivity (Wildman–Crippen MR) is 64.3 cm³/mol. The Morgan fingerprint density at radius 2 is 2.00 bits per heavy atom. The number of aryl methyl sites for hydroxylation is 1. The van der Waals surface area contributed by atoms with E-state index in [-0.39, 0.29) is 0 Å². The number of hydrazine groups is 1. The lowest BCUT2D eigenvalue weighted by Gasteiger charge is -2.06. The number of anilines is 1. The standard InChI is InChI=1S/C11H15N5O/c1-8-3-5-9(6-4-8)17-7-10-14-15-11(13-12)16(10)2/h3-6H,7,12H2,1-2H3,(H,13,15). The SMILES string of the molecule is Cc1ccc(OCc2nnc(NN)n2C)cc1. The Hall–Kier alpha value is -2.08. The van der Waals surface area contributed by atoms with Gasteiger partial charge in [0.25, 0.3) is 0 Å². The van der Waals surface area contributed by atoms with Crippen molar-refractivity contribution >= 4 is 5.95 Å². The number of nitrogens with one attached hydrogen (secondary N) is 1. The molecule has 0 saturated heterocycles. The van der Waals surface area contributed by atoms with Crippen molar-refractivity contribution in [2.45, 2.75) is 13.5 Å².